The summed E-state index contributed by atoms with van der Waals surface area (Å²) < 4.78 is 16.5. The molecule has 0 fully saturated rings. The lowest BCUT2D eigenvalue weighted by Crippen LogP contribution is -2.14. The van der Waals surface area contributed by atoms with Crippen LogP contribution in [0.1, 0.15) is 16.1 Å². The minimum absolute atomic E-state index is 0.0224. The fraction of sp³-hybridized carbons (Fsp3) is 0.190. The highest BCUT2D eigenvalue weighted by Gasteiger charge is 2.17. The number of benzene rings is 2. The Morgan fingerprint density at radius 3 is 2.93 bits per heavy atom. The second kappa shape index (κ2) is 9.19. The van der Waals surface area contributed by atoms with Gasteiger partial charge in [-0.15, -0.1) is 11.3 Å². The first-order chi connectivity index (χ1) is 14.6. The van der Waals surface area contributed by atoms with Crippen LogP contribution in [0.2, 0.25) is 0 Å². The molecule has 2 aromatic carbocycles. The molecule has 4 rings (SSSR count). The van der Waals surface area contributed by atoms with Gasteiger partial charge in [0.05, 0.1) is 25.0 Å². The van der Waals surface area contributed by atoms with Crippen LogP contribution < -0.4 is 19.5 Å². The van der Waals surface area contributed by atoms with Crippen molar-refractivity contribution in [3.8, 4) is 17.2 Å². The van der Waals surface area contributed by atoms with Crippen molar-refractivity contribution in [2.45, 2.75) is 10.8 Å². The van der Waals surface area contributed by atoms with E-state index in [0.29, 0.717) is 34.2 Å². The zero-order valence-electron chi connectivity index (χ0n) is 16.0. The first-order valence-electron chi connectivity index (χ1n) is 9.04. The fourth-order valence-corrected chi connectivity index (χ4v) is 4.53. The fourth-order valence-electron chi connectivity index (χ4n) is 2.79. The van der Waals surface area contributed by atoms with Crippen molar-refractivity contribution in [1.29, 1.82) is 0 Å². The van der Waals surface area contributed by atoms with Crippen molar-refractivity contribution >= 4 is 40.5 Å². The summed E-state index contributed by atoms with van der Waals surface area (Å²) in [5.41, 5.74) is 1.90. The van der Waals surface area contributed by atoms with Crippen molar-refractivity contribution in [2.75, 3.05) is 25.0 Å². The number of carbonyl (C=O) groups excluding carboxylic acids is 2. The normalized spacial score (nSPS) is 11.9. The van der Waals surface area contributed by atoms with E-state index in [2.05, 4.69) is 10.3 Å². The maximum Gasteiger partial charge on any atom is 0.231 e. The molecule has 3 aromatic rings. The summed E-state index contributed by atoms with van der Waals surface area (Å²) in [6, 6.07) is 12.3. The smallest absolute Gasteiger partial charge is 0.231 e. The van der Waals surface area contributed by atoms with Gasteiger partial charge in [0.25, 0.3) is 0 Å². The number of nitrogens with one attached hydrogen (secondary N) is 1. The number of ether oxygens (including phenoxy) is 3. The largest absolute Gasteiger partial charge is 0.497 e. The summed E-state index contributed by atoms with van der Waals surface area (Å²) in [4.78, 5) is 29.2. The molecule has 0 saturated carbocycles. The zero-order chi connectivity index (χ0) is 20.9. The van der Waals surface area contributed by atoms with Crippen LogP contribution in [-0.4, -0.2) is 36.3 Å². The molecule has 0 aliphatic carbocycles. The van der Waals surface area contributed by atoms with Crippen LogP contribution in [0, 0.1) is 0 Å². The number of aromatic nitrogens is 1. The third-order valence-corrected chi connectivity index (χ3v) is 6.32. The van der Waals surface area contributed by atoms with Gasteiger partial charge < -0.3 is 19.5 Å². The molecule has 1 aliphatic heterocycles. The Balaban J connectivity index is 1.29. The molecular weight excluding hydrogens is 424 g/mol. The Bertz CT molecular complexity index is 1080. The molecule has 1 N–H and O–H groups in total. The van der Waals surface area contributed by atoms with Gasteiger partial charge >= 0.3 is 0 Å². The number of amides is 1. The van der Waals surface area contributed by atoms with Gasteiger partial charge in [0, 0.05) is 22.7 Å². The highest BCUT2D eigenvalue weighted by Crippen LogP contribution is 2.33. The number of hydrogen-bond donors (Lipinski definition) is 1. The second-order valence-electron chi connectivity index (χ2n) is 6.34. The monoisotopic (exact) mass is 442 g/mol. The van der Waals surface area contributed by atoms with Crippen LogP contribution in [0.4, 0.5) is 5.69 Å². The van der Waals surface area contributed by atoms with E-state index in [1.807, 2.05) is 17.5 Å². The number of Topliss-reactive ketones (excluding diaryl/α,β-unsaturated/α-hetero) is 1. The van der Waals surface area contributed by atoms with E-state index in [0.717, 1.165) is 4.34 Å². The molecule has 1 aromatic heterocycles. The molecule has 1 amide bonds. The number of methoxy groups -OCH3 is 1. The number of rotatable bonds is 8. The lowest BCUT2D eigenvalue weighted by molar-refractivity contribution is -0.115. The van der Waals surface area contributed by atoms with Crippen molar-refractivity contribution in [3.05, 3.63) is 59.1 Å². The molecule has 0 bridgehead atoms. The van der Waals surface area contributed by atoms with E-state index >= 15 is 0 Å². The lowest BCUT2D eigenvalue weighted by atomic mass is 10.1. The van der Waals surface area contributed by atoms with Gasteiger partial charge in [-0.2, -0.15) is 0 Å². The molecule has 7 nitrogen and oxygen atoms in total. The Hall–Kier alpha value is -3.04. The van der Waals surface area contributed by atoms with Crippen LogP contribution in [0.5, 0.6) is 17.2 Å². The van der Waals surface area contributed by atoms with Gasteiger partial charge in [0.2, 0.25) is 12.7 Å². The summed E-state index contributed by atoms with van der Waals surface area (Å²) in [5.74, 6) is 1.97. The standard InChI is InChI=1S/C21H18N2O5S2/c1-26-16-4-2-3-14(8-16)22-20(25)9-15-10-29-21(23-15)30-11-17(24)13-5-6-18-19(7-13)28-12-27-18/h2-8,10H,9,11-12H2,1H3,(H,22,25). The van der Waals surface area contributed by atoms with E-state index in [4.69, 9.17) is 14.2 Å². The summed E-state index contributed by atoms with van der Waals surface area (Å²) in [6.07, 6.45) is 0.157. The lowest BCUT2D eigenvalue weighted by Gasteiger charge is -2.06. The maximum absolute atomic E-state index is 12.4. The van der Waals surface area contributed by atoms with Gasteiger partial charge in [-0.05, 0) is 30.3 Å². The molecular formula is C21H18N2O5S2. The first-order valence-corrected chi connectivity index (χ1v) is 10.9. The molecule has 9 heteroatoms. The van der Waals surface area contributed by atoms with Crippen LogP contribution in [0.3, 0.4) is 0 Å². The average molecular weight is 443 g/mol. The average Bonchev–Trinajstić information content (AvgIpc) is 3.40. The number of carbonyl (C=O) groups is 2. The number of anilines is 1. The van der Waals surface area contributed by atoms with Crippen LogP contribution >= 0.6 is 23.1 Å². The Labute approximate surface area is 181 Å². The van der Waals surface area contributed by atoms with Gasteiger partial charge in [0.1, 0.15) is 5.75 Å². The first kappa shape index (κ1) is 20.2. The molecule has 1 aliphatic rings. The van der Waals surface area contributed by atoms with Gasteiger partial charge in [-0.3, -0.25) is 9.59 Å². The predicted octanol–water partition coefficient (Wildman–Crippen LogP) is 4.04. The van der Waals surface area contributed by atoms with Crippen LogP contribution in [-0.2, 0) is 11.2 Å². The number of ketones is 1. The molecule has 0 spiro atoms. The van der Waals surface area contributed by atoms with Crippen LogP contribution in [0.25, 0.3) is 0 Å². The third-order valence-electron chi connectivity index (χ3n) is 4.25. The van der Waals surface area contributed by atoms with Crippen LogP contribution in [0.15, 0.2) is 52.2 Å². The maximum atomic E-state index is 12.4. The van der Waals surface area contributed by atoms with Gasteiger partial charge in [-0.25, -0.2) is 4.98 Å². The third kappa shape index (κ3) is 4.92. The van der Waals surface area contributed by atoms with Gasteiger partial charge in [-0.1, -0.05) is 17.8 Å². The van der Waals surface area contributed by atoms with Gasteiger partial charge in [0.15, 0.2) is 21.6 Å². The molecule has 154 valence electrons. The Kier molecular flexibility index (Phi) is 6.20. The molecule has 0 unspecified atom stereocenters. The highest BCUT2D eigenvalue weighted by atomic mass is 32.2. The minimum atomic E-state index is -0.165. The predicted molar refractivity (Wildman–Crippen MR) is 115 cm³/mol. The zero-order valence-corrected chi connectivity index (χ0v) is 17.7. The topological polar surface area (TPSA) is 86.8 Å². The molecule has 0 atom stereocenters. The van der Waals surface area contributed by atoms with E-state index in [9.17, 15) is 9.59 Å². The van der Waals surface area contributed by atoms with Crippen molar-refractivity contribution in [2.24, 2.45) is 0 Å². The minimum Gasteiger partial charge on any atom is -0.497 e. The molecule has 0 saturated heterocycles. The summed E-state index contributed by atoms with van der Waals surface area (Å²) in [7, 11) is 1.58. The number of thioether (sulfide) groups is 1. The molecule has 30 heavy (non-hydrogen) atoms. The van der Waals surface area contributed by atoms with E-state index in [-0.39, 0.29) is 30.7 Å². The highest BCUT2D eigenvalue weighted by molar-refractivity contribution is 8.01. The quantitative estimate of drug-likeness (QED) is 0.416. The Morgan fingerprint density at radius 2 is 2.07 bits per heavy atom. The number of hydrogen-bond acceptors (Lipinski definition) is 8. The van der Waals surface area contributed by atoms with E-state index in [1.165, 1.54) is 23.1 Å². The summed E-state index contributed by atoms with van der Waals surface area (Å²) >= 11 is 2.77. The summed E-state index contributed by atoms with van der Waals surface area (Å²) in [5, 5.41) is 4.66. The summed E-state index contributed by atoms with van der Waals surface area (Å²) in [6.45, 7) is 0.176. The Morgan fingerprint density at radius 1 is 1.20 bits per heavy atom. The van der Waals surface area contributed by atoms with Crippen molar-refractivity contribution < 1.29 is 23.8 Å². The van der Waals surface area contributed by atoms with Crippen molar-refractivity contribution in [1.82, 2.24) is 4.98 Å². The molecule has 2 heterocycles. The number of nitrogens with zero attached hydrogens (tertiary/aromatic N) is 1. The van der Waals surface area contributed by atoms with E-state index in [1.54, 1.807) is 37.4 Å². The second-order valence-corrected chi connectivity index (χ2v) is 8.42. The number of thiazole rings is 1. The van der Waals surface area contributed by atoms with Crippen molar-refractivity contribution in [3.63, 3.8) is 0 Å². The molecule has 0 radical (unpaired) electrons. The van der Waals surface area contributed by atoms with E-state index < -0.39 is 0 Å². The number of fused-ring (bicyclic) bond motifs is 1. The SMILES string of the molecule is COc1cccc(NC(=O)Cc2csc(SCC(=O)c3ccc4c(c3)OCO4)n2)c1.